The van der Waals surface area contributed by atoms with Gasteiger partial charge in [0.25, 0.3) is 0 Å². The molecule has 4 nitrogen and oxygen atoms in total. The molecular formula is C14H14FNO3. The van der Waals surface area contributed by atoms with Crippen molar-refractivity contribution in [2.75, 3.05) is 6.61 Å². The van der Waals surface area contributed by atoms with Gasteiger partial charge in [0.05, 0.1) is 13.0 Å². The van der Waals surface area contributed by atoms with E-state index in [0.29, 0.717) is 5.75 Å². The average Bonchev–Trinajstić information content (AvgIpc) is 2.43. The van der Waals surface area contributed by atoms with Crippen molar-refractivity contribution in [3.8, 4) is 5.75 Å². The van der Waals surface area contributed by atoms with E-state index in [-0.39, 0.29) is 18.8 Å². The van der Waals surface area contributed by atoms with Gasteiger partial charge in [0.2, 0.25) is 0 Å². The number of carboxylic acid groups (broad SMARTS) is 1. The molecule has 100 valence electrons. The topological polar surface area (TPSA) is 59.4 Å². The lowest BCUT2D eigenvalue weighted by Gasteiger charge is -2.02. The fourth-order valence-corrected chi connectivity index (χ4v) is 1.10. The van der Waals surface area contributed by atoms with Crippen molar-refractivity contribution in [3.63, 3.8) is 0 Å². The number of hydrogen-bond acceptors (Lipinski definition) is 3. The maximum absolute atomic E-state index is 12.4. The van der Waals surface area contributed by atoms with E-state index < -0.39 is 5.97 Å². The van der Waals surface area contributed by atoms with Gasteiger partial charge in [-0.25, -0.2) is 4.39 Å². The zero-order valence-corrected chi connectivity index (χ0v) is 10.2. The lowest BCUT2D eigenvalue weighted by Crippen LogP contribution is -2.04. The second-order valence-corrected chi connectivity index (χ2v) is 3.47. The van der Waals surface area contributed by atoms with Gasteiger partial charge in [0, 0.05) is 12.4 Å². The van der Waals surface area contributed by atoms with Gasteiger partial charge in [-0.05, 0) is 36.4 Å². The molecule has 0 unspecified atom stereocenters. The zero-order valence-electron chi connectivity index (χ0n) is 10.2. The highest BCUT2D eigenvalue weighted by molar-refractivity contribution is 5.66. The molecule has 0 aliphatic rings. The maximum atomic E-state index is 12.4. The quantitative estimate of drug-likeness (QED) is 0.921. The normalized spacial score (nSPS) is 9.11. The van der Waals surface area contributed by atoms with Gasteiger partial charge < -0.3 is 9.84 Å². The monoisotopic (exact) mass is 263 g/mol. The van der Waals surface area contributed by atoms with Crippen LogP contribution in [0.1, 0.15) is 6.42 Å². The van der Waals surface area contributed by atoms with Crippen LogP contribution in [-0.4, -0.2) is 22.7 Å². The van der Waals surface area contributed by atoms with E-state index in [0.717, 1.165) is 0 Å². The van der Waals surface area contributed by atoms with Crippen molar-refractivity contribution in [1.82, 2.24) is 4.98 Å². The summed E-state index contributed by atoms with van der Waals surface area (Å²) in [5.41, 5.74) is 0. The van der Waals surface area contributed by atoms with Gasteiger partial charge in [-0.1, -0.05) is 6.07 Å². The molecule has 1 N–H and O–H groups in total. The predicted octanol–water partition coefficient (Wildman–Crippen LogP) is 2.76. The minimum Gasteiger partial charge on any atom is -0.493 e. The van der Waals surface area contributed by atoms with Gasteiger partial charge in [-0.3, -0.25) is 9.78 Å². The van der Waals surface area contributed by atoms with Gasteiger partial charge in [-0.15, -0.1) is 0 Å². The van der Waals surface area contributed by atoms with Crippen molar-refractivity contribution in [3.05, 3.63) is 60.7 Å². The molecule has 1 aromatic heterocycles. The maximum Gasteiger partial charge on any atom is 0.306 e. The molecule has 2 rings (SSSR count). The Bertz CT molecular complexity index is 447. The fourth-order valence-electron chi connectivity index (χ4n) is 1.10. The zero-order chi connectivity index (χ0) is 13.9. The highest BCUT2D eigenvalue weighted by Crippen LogP contribution is 2.10. The second kappa shape index (κ2) is 8.63. The summed E-state index contributed by atoms with van der Waals surface area (Å²) in [5, 5.41) is 8.30. The highest BCUT2D eigenvalue weighted by atomic mass is 19.1. The number of pyridine rings is 1. The minimum atomic E-state index is -0.915. The van der Waals surface area contributed by atoms with Crippen LogP contribution in [0.2, 0.25) is 0 Å². The third-order valence-corrected chi connectivity index (χ3v) is 1.96. The third kappa shape index (κ3) is 7.49. The summed E-state index contributed by atoms with van der Waals surface area (Å²) in [6.45, 7) is 0.0982. The molecule has 0 aliphatic carbocycles. The van der Waals surface area contributed by atoms with Crippen LogP contribution in [0.15, 0.2) is 54.9 Å². The summed E-state index contributed by atoms with van der Waals surface area (Å²) in [7, 11) is 0. The van der Waals surface area contributed by atoms with Crippen molar-refractivity contribution in [1.29, 1.82) is 0 Å². The Labute approximate surface area is 110 Å². The first-order chi connectivity index (χ1) is 9.18. The number of ether oxygens (including phenoxy) is 1. The Morgan fingerprint density at radius 3 is 2.21 bits per heavy atom. The average molecular weight is 263 g/mol. The van der Waals surface area contributed by atoms with Crippen molar-refractivity contribution in [2.24, 2.45) is 0 Å². The van der Waals surface area contributed by atoms with Crippen molar-refractivity contribution < 1.29 is 19.0 Å². The van der Waals surface area contributed by atoms with Gasteiger partial charge in [-0.2, -0.15) is 0 Å². The van der Waals surface area contributed by atoms with E-state index in [1.54, 1.807) is 12.4 Å². The molecule has 2 aromatic rings. The number of hydrogen-bond donors (Lipinski definition) is 1. The Morgan fingerprint density at radius 2 is 1.79 bits per heavy atom. The Morgan fingerprint density at radius 1 is 1.16 bits per heavy atom. The molecule has 0 aliphatic heterocycles. The summed E-state index contributed by atoms with van der Waals surface area (Å²) in [4.78, 5) is 13.9. The van der Waals surface area contributed by atoms with Gasteiger partial charge in [0.15, 0.2) is 0 Å². The molecule has 0 atom stereocenters. The Hall–Kier alpha value is -2.43. The van der Waals surface area contributed by atoms with E-state index in [9.17, 15) is 9.18 Å². The van der Waals surface area contributed by atoms with Crippen LogP contribution < -0.4 is 4.74 Å². The highest BCUT2D eigenvalue weighted by Gasteiger charge is 1.98. The SMILES string of the molecule is O=C(O)CCOc1ccc(F)cc1.c1ccncc1. The van der Waals surface area contributed by atoms with E-state index in [4.69, 9.17) is 9.84 Å². The predicted molar refractivity (Wildman–Crippen MR) is 68.4 cm³/mol. The number of halogens is 1. The summed E-state index contributed by atoms with van der Waals surface area (Å²) in [6.07, 6.45) is 3.44. The van der Waals surface area contributed by atoms with Crippen LogP contribution in [0.25, 0.3) is 0 Å². The third-order valence-electron chi connectivity index (χ3n) is 1.96. The first-order valence-corrected chi connectivity index (χ1v) is 5.63. The molecule has 0 radical (unpaired) electrons. The van der Waals surface area contributed by atoms with Gasteiger partial charge >= 0.3 is 5.97 Å². The number of benzene rings is 1. The summed E-state index contributed by atoms with van der Waals surface area (Å²) in [6, 6.07) is 11.1. The van der Waals surface area contributed by atoms with Crippen LogP contribution in [0.5, 0.6) is 5.75 Å². The molecule has 1 aromatic carbocycles. The molecule has 0 saturated carbocycles. The fraction of sp³-hybridized carbons (Fsp3) is 0.143. The molecular weight excluding hydrogens is 249 g/mol. The minimum absolute atomic E-state index is 0.0582. The van der Waals surface area contributed by atoms with E-state index in [1.165, 1.54) is 24.3 Å². The molecule has 0 bridgehead atoms. The summed E-state index contributed by atoms with van der Waals surface area (Å²) < 4.78 is 17.4. The second-order valence-electron chi connectivity index (χ2n) is 3.47. The first kappa shape index (κ1) is 14.6. The van der Waals surface area contributed by atoms with Crippen LogP contribution in [0, 0.1) is 5.82 Å². The van der Waals surface area contributed by atoms with E-state index in [2.05, 4.69) is 4.98 Å². The van der Waals surface area contributed by atoms with Crippen LogP contribution in [0.4, 0.5) is 4.39 Å². The smallest absolute Gasteiger partial charge is 0.306 e. The standard InChI is InChI=1S/C9H9FO3.C5H5N/c10-7-1-3-8(4-2-7)13-6-5-9(11)12;1-2-4-6-5-3-1/h1-4H,5-6H2,(H,11,12);1-5H. The van der Waals surface area contributed by atoms with Crippen molar-refractivity contribution >= 4 is 5.97 Å². The summed E-state index contributed by atoms with van der Waals surface area (Å²) in [5.74, 6) is -0.782. The van der Waals surface area contributed by atoms with Crippen LogP contribution in [0.3, 0.4) is 0 Å². The largest absolute Gasteiger partial charge is 0.493 e. The molecule has 0 saturated heterocycles. The number of rotatable bonds is 4. The van der Waals surface area contributed by atoms with E-state index in [1.807, 2.05) is 18.2 Å². The molecule has 0 fully saturated rings. The number of carboxylic acids is 1. The number of nitrogens with zero attached hydrogens (tertiary/aromatic N) is 1. The van der Waals surface area contributed by atoms with E-state index >= 15 is 0 Å². The molecule has 1 heterocycles. The molecule has 0 spiro atoms. The Kier molecular flexibility index (Phi) is 6.65. The lowest BCUT2D eigenvalue weighted by atomic mass is 10.3. The number of aliphatic carboxylic acids is 1. The molecule has 19 heavy (non-hydrogen) atoms. The lowest BCUT2D eigenvalue weighted by molar-refractivity contribution is -0.137. The van der Waals surface area contributed by atoms with Crippen LogP contribution >= 0.6 is 0 Å². The van der Waals surface area contributed by atoms with Crippen molar-refractivity contribution in [2.45, 2.75) is 6.42 Å². The molecule has 5 heteroatoms. The number of carbonyl (C=O) groups is 1. The van der Waals surface area contributed by atoms with Crippen LogP contribution in [-0.2, 0) is 4.79 Å². The number of aromatic nitrogens is 1. The summed E-state index contributed by atoms with van der Waals surface area (Å²) >= 11 is 0. The Balaban J connectivity index is 0.000000250. The molecule has 0 amide bonds. The van der Waals surface area contributed by atoms with Gasteiger partial charge in [0.1, 0.15) is 11.6 Å². The first-order valence-electron chi connectivity index (χ1n) is 5.63.